The zero-order chi connectivity index (χ0) is 20.4. The van der Waals surface area contributed by atoms with Crippen LogP contribution in [0.2, 0.25) is 0 Å². The lowest BCUT2D eigenvalue weighted by molar-refractivity contribution is -0.141. The number of imidazole rings is 1. The summed E-state index contributed by atoms with van der Waals surface area (Å²) in [5.41, 5.74) is 2.51. The number of Topliss-reactive ketones (excluding diaryl/α,β-unsaturated/α-hetero) is 1. The molecular weight excluding hydrogens is 401 g/mol. The predicted octanol–water partition coefficient (Wildman–Crippen LogP) is 5.02. The van der Waals surface area contributed by atoms with Gasteiger partial charge < -0.3 is 9.30 Å². The molecule has 1 aliphatic heterocycles. The summed E-state index contributed by atoms with van der Waals surface area (Å²) in [6.07, 6.45) is -2.23. The van der Waals surface area contributed by atoms with Gasteiger partial charge in [-0.3, -0.25) is 4.79 Å². The van der Waals surface area contributed by atoms with Crippen molar-refractivity contribution in [3.63, 3.8) is 0 Å². The third kappa shape index (κ3) is 4.48. The Hall–Kier alpha value is -2.74. The van der Waals surface area contributed by atoms with Gasteiger partial charge in [0.15, 0.2) is 10.9 Å². The molecule has 1 aliphatic rings. The van der Waals surface area contributed by atoms with Crippen LogP contribution in [0.15, 0.2) is 59.9 Å². The first-order valence-corrected chi connectivity index (χ1v) is 9.99. The van der Waals surface area contributed by atoms with Gasteiger partial charge in [-0.1, -0.05) is 42.1 Å². The molecular formula is C21H17F3N2O2S. The highest BCUT2D eigenvalue weighted by Gasteiger charge is 2.31. The lowest BCUT2D eigenvalue weighted by atomic mass is 10.1. The van der Waals surface area contributed by atoms with E-state index in [0.29, 0.717) is 23.4 Å². The molecule has 0 amide bonds. The molecule has 4 nitrogen and oxygen atoms in total. The lowest BCUT2D eigenvalue weighted by Crippen LogP contribution is -2.19. The fourth-order valence-electron chi connectivity index (χ4n) is 3.22. The van der Waals surface area contributed by atoms with Crippen molar-refractivity contribution in [3.05, 3.63) is 65.9 Å². The van der Waals surface area contributed by atoms with E-state index in [2.05, 4.69) is 4.98 Å². The molecule has 2 aromatic carbocycles. The van der Waals surface area contributed by atoms with Crippen molar-refractivity contribution in [2.24, 2.45) is 0 Å². The van der Waals surface area contributed by atoms with Crippen LogP contribution in [0.25, 0.3) is 11.3 Å². The molecule has 0 aliphatic carbocycles. The van der Waals surface area contributed by atoms with E-state index in [4.69, 9.17) is 4.74 Å². The van der Waals surface area contributed by atoms with Crippen LogP contribution in [0.5, 0.6) is 5.75 Å². The van der Waals surface area contributed by atoms with Gasteiger partial charge in [0.05, 0.1) is 24.3 Å². The summed E-state index contributed by atoms with van der Waals surface area (Å²) < 4.78 is 46.0. The summed E-state index contributed by atoms with van der Waals surface area (Å²) in [6, 6.07) is 14.0. The molecule has 0 saturated heterocycles. The van der Waals surface area contributed by atoms with E-state index < -0.39 is 12.7 Å². The molecule has 1 aromatic heterocycles. The number of fused-ring (bicyclic) bond motifs is 1. The highest BCUT2D eigenvalue weighted by Crippen LogP contribution is 2.31. The lowest BCUT2D eigenvalue weighted by Gasteiger charge is -2.14. The number of benzene rings is 2. The van der Waals surface area contributed by atoms with Crippen LogP contribution in [0.4, 0.5) is 13.2 Å². The van der Waals surface area contributed by atoms with E-state index in [-0.39, 0.29) is 16.7 Å². The largest absolute Gasteiger partial charge is 0.493 e. The Kier molecular flexibility index (Phi) is 5.36. The molecule has 3 aromatic rings. The van der Waals surface area contributed by atoms with Gasteiger partial charge in [-0.15, -0.1) is 0 Å². The second-order valence-corrected chi connectivity index (χ2v) is 7.57. The van der Waals surface area contributed by atoms with E-state index in [1.807, 2.05) is 0 Å². The highest BCUT2D eigenvalue weighted by molar-refractivity contribution is 7.99. The number of halogens is 3. The molecule has 0 atom stereocenters. The quantitative estimate of drug-likeness (QED) is 0.416. The van der Waals surface area contributed by atoms with Crippen molar-refractivity contribution in [2.75, 3.05) is 12.4 Å². The van der Waals surface area contributed by atoms with Crippen LogP contribution < -0.4 is 4.74 Å². The van der Waals surface area contributed by atoms with Crippen molar-refractivity contribution in [1.29, 1.82) is 0 Å². The topological polar surface area (TPSA) is 44.1 Å². The van der Waals surface area contributed by atoms with Crippen LogP contribution >= 0.6 is 11.8 Å². The van der Waals surface area contributed by atoms with Crippen molar-refractivity contribution in [2.45, 2.75) is 24.3 Å². The van der Waals surface area contributed by atoms with Gasteiger partial charge >= 0.3 is 6.18 Å². The third-order valence-corrected chi connectivity index (χ3v) is 5.56. The van der Waals surface area contributed by atoms with Gasteiger partial charge in [0.25, 0.3) is 0 Å². The molecule has 29 heavy (non-hydrogen) atoms. The Labute approximate surface area is 169 Å². The second kappa shape index (κ2) is 7.94. The fraction of sp³-hybridized carbons (Fsp3) is 0.238. The summed E-state index contributed by atoms with van der Waals surface area (Å²) in [5.74, 6) is 0.623. The van der Waals surface area contributed by atoms with Gasteiger partial charge in [-0.2, -0.15) is 13.2 Å². The van der Waals surface area contributed by atoms with Crippen molar-refractivity contribution in [1.82, 2.24) is 9.55 Å². The Morgan fingerprint density at radius 1 is 1.17 bits per heavy atom. The maximum Gasteiger partial charge on any atom is 0.406 e. The summed E-state index contributed by atoms with van der Waals surface area (Å²) in [4.78, 5) is 16.7. The first-order chi connectivity index (χ1) is 13.9. The predicted molar refractivity (Wildman–Crippen MR) is 104 cm³/mol. The Morgan fingerprint density at radius 2 is 1.97 bits per heavy atom. The monoisotopic (exact) mass is 418 g/mol. The van der Waals surface area contributed by atoms with Crippen LogP contribution in [0, 0.1) is 0 Å². The van der Waals surface area contributed by atoms with Crippen LogP contribution in [0.1, 0.15) is 15.9 Å². The van der Waals surface area contributed by atoms with Gasteiger partial charge in [0, 0.05) is 12.0 Å². The summed E-state index contributed by atoms with van der Waals surface area (Å²) >= 11 is 1.01. The first-order valence-electron chi connectivity index (χ1n) is 9.00. The normalized spacial score (nSPS) is 13.2. The molecule has 0 unspecified atom stereocenters. The third-order valence-electron chi connectivity index (χ3n) is 4.57. The van der Waals surface area contributed by atoms with E-state index >= 15 is 0 Å². The molecule has 2 heterocycles. The van der Waals surface area contributed by atoms with Gasteiger partial charge in [0.2, 0.25) is 0 Å². The van der Waals surface area contributed by atoms with Gasteiger partial charge in [-0.25, -0.2) is 4.98 Å². The minimum atomic E-state index is -4.40. The number of thioether (sulfide) groups is 1. The number of carbonyl (C=O) groups excluding carboxylic acids is 1. The number of hydrogen-bond acceptors (Lipinski definition) is 4. The number of ketones is 1. The molecule has 0 bridgehead atoms. The minimum Gasteiger partial charge on any atom is -0.493 e. The number of hydrogen-bond donors (Lipinski definition) is 0. The summed E-state index contributed by atoms with van der Waals surface area (Å²) in [5, 5.41) is 0.166. The second-order valence-electron chi connectivity index (χ2n) is 6.63. The number of aromatic nitrogens is 2. The van der Waals surface area contributed by atoms with Gasteiger partial charge in [0.1, 0.15) is 12.3 Å². The fourth-order valence-corrected chi connectivity index (χ4v) is 4.09. The Balaban J connectivity index is 1.55. The zero-order valence-electron chi connectivity index (χ0n) is 15.3. The number of ether oxygens (including phenoxy) is 1. The number of carbonyl (C=O) groups is 1. The molecule has 0 spiro atoms. The van der Waals surface area contributed by atoms with E-state index in [9.17, 15) is 18.0 Å². The standard InChI is InChI=1S/C21H17F3N2O2S/c22-21(23,24)13-26-17(14-4-2-1-3-5-14)11-25-20(26)29-12-18(27)15-6-7-19-16(10-15)8-9-28-19/h1-7,10-11H,8-9,12-13H2. The Morgan fingerprint density at radius 3 is 2.72 bits per heavy atom. The van der Waals surface area contributed by atoms with Crippen molar-refractivity contribution < 1.29 is 22.7 Å². The zero-order valence-corrected chi connectivity index (χ0v) is 16.1. The SMILES string of the molecule is O=C(CSc1ncc(-c2ccccc2)n1CC(F)(F)F)c1ccc2c(c1)CCO2. The molecule has 0 N–H and O–H groups in total. The van der Waals surface area contributed by atoms with Gasteiger partial charge in [-0.05, 0) is 29.3 Å². The van der Waals surface area contributed by atoms with E-state index in [1.165, 1.54) is 6.20 Å². The number of rotatable bonds is 6. The number of nitrogens with zero attached hydrogens (tertiary/aromatic N) is 2. The minimum absolute atomic E-state index is 0.00272. The van der Waals surface area contributed by atoms with Crippen molar-refractivity contribution in [3.8, 4) is 17.0 Å². The summed E-state index contributed by atoms with van der Waals surface area (Å²) in [6.45, 7) is -0.567. The molecule has 4 rings (SSSR count). The first kappa shape index (κ1) is 19.6. The molecule has 8 heteroatoms. The maximum atomic E-state index is 13.1. The molecule has 150 valence electrons. The maximum absolute atomic E-state index is 13.1. The van der Waals surface area contributed by atoms with Crippen molar-refractivity contribution >= 4 is 17.5 Å². The number of alkyl halides is 3. The molecule has 0 saturated carbocycles. The van der Waals surface area contributed by atoms with Crippen LogP contribution in [0.3, 0.4) is 0 Å². The van der Waals surface area contributed by atoms with Crippen LogP contribution in [-0.4, -0.2) is 33.9 Å². The molecule has 0 fully saturated rings. The smallest absolute Gasteiger partial charge is 0.406 e. The average Bonchev–Trinajstić information content (AvgIpc) is 3.32. The highest BCUT2D eigenvalue weighted by atomic mass is 32.2. The Bertz CT molecular complexity index is 1030. The average molecular weight is 418 g/mol. The van der Waals surface area contributed by atoms with E-state index in [1.54, 1.807) is 48.5 Å². The van der Waals surface area contributed by atoms with E-state index in [0.717, 1.165) is 34.1 Å². The summed E-state index contributed by atoms with van der Waals surface area (Å²) in [7, 11) is 0. The molecule has 0 radical (unpaired) electrons. The van der Waals surface area contributed by atoms with Crippen LogP contribution in [-0.2, 0) is 13.0 Å².